The number of ether oxygens (including phenoxy) is 2. The van der Waals surface area contributed by atoms with Crippen LogP contribution in [0.15, 0.2) is 41.1 Å². The maximum absolute atomic E-state index is 5.55. The number of benzene rings is 1. The SMILES string of the molecule is c1cc(COCC2CO2)cc(-c2ccon2)c1. The summed E-state index contributed by atoms with van der Waals surface area (Å²) >= 11 is 0. The Bertz CT molecular complexity index is 477. The molecule has 4 nitrogen and oxygen atoms in total. The Balaban J connectivity index is 1.65. The lowest BCUT2D eigenvalue weighted by molar-refractivity contribution is 0.104. The fourth-order valence-corrected chi connectivity index (χ4v) is 1.65. The predicted octanol–water partition coefficient (Wildman–Crippen LogP) is 2.26. The van der Waals surface area contributed by atoms with E-state index in [1.54, 1.807) is 6.26 Å². The molecule has 1 unspecified atom stereocenters. The van der Waals surface area contributed by atoms with Crippen molar-refractivity contribution in [1.29, 1.82) is 0 Å². The van der Waals surface area contributed by atoms with Gasteiger partial charge in [-0.15, -0.1) is 0 Å². The smallest absolute Gasteiger partial charge is 0.124 e. The number of epoxide rings is 1. The molecule has 0 N–H and O–H groups in total. The van der Waals surface area contributed by atoms with Gasteiger partial charge in [0.1, 0.15) is 18.1 Å². The van der Waals surface area contributed by atoms with Gasteiger partial charge in [0.25, 0.3) is 0 Å². The quantitative estimate of drug-likeness (QED) is 0.740. The number of hydrogen-bond donors (Lipinski definition) is 0. The average Bonchev–Trinajstić information content (AvgIpc) is 3.02. The van der Waals surface area contributed by atoms with E-state index < -0.39 is 0 Å². The molecule has 1 saturated heterocycles. The first-order valence-electron chi connectivity index (χ1n) is 5.61. The normalized spacial score (nSPS) is 18.2. The van der Waals surface area contributed by atoms with Gasteiger partial charge in [0.2, 0.25) is 0 Å². The summed E-state index contributed by atoms with van der Waals surface area (Å²) in [5.74, 6) is 0. The summed E-state index contributed by atoms with van der Waals surface area (Å²) in [4.78, 5) is 0. The van der Waals surface area contributed by atoms with Crippen LogP contribution in [-0.4, -0.2) is 24.5 Å². The predicted molar refractivity (Wildman–Crippen MR) is 61.3 cm³/mol. The van der Waals surface area contributed by atoms with Crippen LogP contribution in [-0.2, 0) is 16.1 Å². The van der Waals surface area contributed by atoms with Crippen LogP contribution >= 0.6 is 0 Å². The topological polar surface area (TPSA) is 47.8 Å². The fourth-order valence-electron chi connectivity index (χ4n) is 1.65. The number of rotatable bonds is 5. The van der Waals surface area contributed by atoms with Crippen molar-refractivity contribution >= 4 is 0 Å². The van der Waals surface area contributed by atoms with Crippen molar-refractivity contribution in [3.8, 4) is 11.3 Å². The molecular weight excluding hydrogens is 218 g/mol. The third-order valence-electron chi connectivity index (χ3n) is 2.64. The van der Waals surface area contributed by atoms with E-state index in [0.717, 1.165) is 23.4 Å². The first kappa shape index (κ1) is 10.5. The molecule has 1 aromatic carbocycles. The van der Waals surface area contributed by atoms with Gasteiger partial charge in [-0.2, -0.15) is 0 Å². The van der Waals surface area contributed by atoms with E-state index in [4.69, 9.17) is 14.0 Å². The standard InChI is InChI=1S/C13H13NO3/c1-2-10(7-15-8-12-9-16-12)6-11(3-1)13-4-5-17-14-13/h1-6,12H,7-9H2. The lowest BCUT2D eigenvalue weighted by Gasteiger charge is -2.04. The first-order chi connectivity index (χ1) is 8.42. The zero-order chi connectivity index (χ0) is 11.5. The van der Waals surface area contributed by atoms with Crippen LogP contribution in [0.25, 0.3) is 11.3 Å². The van der Waals surface area contributed by atoms with Gasteiger partial charge in [-0.05, 0) is 11.6 Å². The number of aromatic nitrogens is 1. The van der Waals surface area contributed by atoms with Crippen LogP contribution in [0.3, 0.4) is 0 Å². The second-order valence-corrected chi connectivity index (χ2v) is 4.06. The van der Waals surface area contributed by atoms with E-state index >= 15 is 0 Å². The zero-order valence-corrected chi connectivity index (χ0v) is 9.33. The van der Waals surface area contributed by atoms with Crippen molar-refractivity contribution in [2.45, 2.75) is 12.7 Å². The van der Waals surface area contributed by atoms with E-state index in [2.05, 4.69) is 11.2 Å². The highest BCUT2D eigenvalue weighted by molar-refractivity contribution is 5.58. The molecule has 1 aromatic heterocycles. The monoisotopic (exact) mass is 231 g/mol. The summed E-state index contributed by atoms with van der Waals surface area (Å²) in [7, 11) is 0. The summed E-state index contributed by atoms with van der Waals surface area (Å²) in [6.07, 6.45) is 1.89. The number of hydrogen-bond acceptors (Lipinski definition) is 4. The molecule has 1 aliphatic rings. The lowest BCUT2D eigenvalue weighted by atomic mass is 10.1. The number of nitrogens with zero attached hydrogens (tertiary/aromatic N) is 1. The molecule has 0 saturated carbocycles. The molecule has 0 aliphatic carbocycles. The minimum atomic E-state index is 0.314. The molecule has 4 heteroatoms. The van der Waals surface area contributed by atoms with Crippen molar-refractivity contribution in [2.24, 2.45) is 0 Å². The van der Waals surface area contributed by atoms with Crippen LogP contribution in [0.5, 0.6) is 0 Å². The molecule has 0 spiro atoms. The summed E-state index contributed by atoms with van der Waals surface area (Å²) in [5, 5.41) is 3.91. The van der Waals surface area contributed by atoms with Crippen molar-refractivity contribution in [3.05, 3.63) is 42.2 Å². The molecule has 2 heterocycles. The molecule has 17 heavy (non-hydrogen) atoms. The van der Waals surface area contributed by atoms with Crippen LogP contribution in [0, 0.1) is 0 Å². The Hall–Kier alpha value is -1.65. The second kappa shape index (κ2) is 4.69. The van der Waals surface area contributed by atoms with Crippen LogP contribution in [0.4, 0.5) is 0 Å². The highest BCUT2D eigenvalue weighted by Gasteiger charge is 2.22. The molecule has 88 valence electrons. The van der Waals surface area contributed by atoms with Gasteiger partial charge in [0, 0.05) is 11.6 Å². The largest absolute Gasteiger partial charge is 0.374 e. The van der Waals surface area contributed by atoms with Gasteiger partial charge < -0.3 is 14.0 Å². The van der Waals surface area contributed by atoms with Crippen LogP contribution in [0.2, 0.25) is 0 Å². The summed E-state index contributed by atoms with van der Waals surface area (Å²) in [5.41, 5.74) is 3.02. The molecular formula is C13H13NO3. The van der Waals surface area contributed by atoms with Crippen molar-refractivity contribution in [2.75, 3.05) is 13.2 Å². The minimum Gasteiger partial charge on any atom is -0.374 e. The Morgan fingerprint density at radius 1 is 1.35 bits per heavy atom. The third-order valence-corrected chi connectivity index (χ3v) is 2.64. The first-order valence-corrected chi connectivity index (χ1v) is 5.61. The van der Waals surface area contributed by atoms with Gasteiger partial charge in [-0.3, -0.25) is 0 Å². The van der Waals surface area contributed by atoms with Gasteiger partial charge in [-0.25, -0.2) is 0 Å². The Morgan fingerprint density at radius 2 is 2.29 bits per heavy atom. The van der Waals surface area contributed by atoms with Crippen molar-refractivity contribution in [1.82, 2.24) is 5.16 Å². The highest BCUT2D eigenvalue weighted by Crippen LogP contribution is 2.19. The van der Waals surface area contributed by atoms with Crippen molar-refractivity contribution < 1.29 is 14.0 Å². The minimum absolute atomic E-state index is 0.314. The molecule has 1 aliphatic heterocycles. The van der Waals surface area contributed by atoms with Crippen LogP contribution < -0.4 is 0 Å². The maximum atomic E-state index is 5.55. The summed E-state index contributed by atoms with van der Waals surface area (Å²) < 4.78 is 15.5. The van der Waals surface area contributed by atoms with E-state index in [1.165, 1.54) is 0 Å². The summed E-state index contributed by atoms with van der Waals surface area (Å²) in [6, 6.07) is 9.95. The molecule has 3 rings (SSSR count). The molecule has 1 atom stereocenters. The maximum Gasteiger partial charge on any atom is 0.124 e. The van der Waals surface area contributed by atoms with E-state index in [0.29, 0.717) is 19.3 Å². The Morgan fingerprint density at radius 3 is 3.06 bits per heavy atom. The molecule has 1 fully saturated rings. The average molecular weight is 231 g/mol. The fraction of sp³-hybridized carbons (Fsp3) is 0.308. The van der Waals surface area contributed by atoms with Crippen molar-refractivity contribution in [3.63, 3.8) is 0 Å². The lowest BCUT2D eigenvalue weighted by Crippen LogP contribution is -2.01. The Labute approximate surface area is 99.1 Å². The second-order valence-electron chi connectivity index (χ2n) is 4.06. The molecule has 0 amide bonds. The zero-order valence-electron chi connectivity index (χ0n) is 9.33. The van der Waals surface area contributed by atoms with E-state index in [9.17, 15) is 0 Å². The van der Waals surface area contributed by atoms with Gasteiger partial charge >= 0.3 is 0 Å². The summed E-state index contributed by atoms with van der Waals surface area (Å²) in [6.45, 7) is 2.11. The van der Waals surface area contributed by atoms with E-state index in [-0.39, 0.29) is 0 Å². The molecule has 2 aromatic rings. The highest BCUT2D eigenvalue weighted by atomic mass is 16.6. The van der Waals surface area contributed by atoms with E-state index in [1.807, 2.05) is 24.3 Å². The van der Waals surface area contributed by atoms with Gasteiger partial charge in [-0.1, -0.05) is 23.4 Å². The molecule has 0 bridgehead atoms. The van der Waals surface area contributed by atoms with Gasteiger partial charge in [0.15, 0.2) is 0 Å². The third kappa shape index (κ3) is 2.72. The van der Waals surface area contributed by atoms with Gasteiger partial charge in [0.05, 0.1) is 19.8 Å². The Kier molecular flexibility index (Phi) is 2.90. The molecule has 0 radical (unpaired) electrons. The van der Waals surface area contributed by atoms with Crippen LogP contribution in [0.1, 0.15) is 5.56 Å².